The number of ether oxygens (including phenoxy) is 2. The van der Waals surface area contributed by atoms with Crippen LogP contribution in [-0.4, -0.2) is 40.5 Å². The molecule has 9 nitrogen and oxygen atoms in total. The summed E-state index contributed by atoms with van der Waals surface area (Å²) >= 11 is 0. The van der Waals surface area contributed by atoms with Gasteiger partial charge in [0.2, 0.25) is 5.78 Å². The fourth-order valence-corrected chi connectivity index (χ4v) is 3.31. The summed E-state index contributed by atoms with van der Waals surface area (Å²) in [6.45, 7) is 4.69. The third kappa shape index (κ3) is 4.19. The number of aromatic amines is 1. The predicted molar refractivity (Wildman–Crippen MR) is 107 cm³/mol. The molecule has 0 saturated carbocycles. The van der Waals surface area contributed by atoms with Gasteiger partial charge in [0, 0.05) is 17.9 Å². The van der Waals surface area contributed by atoms with E-state index in [2.05, 4.69) is 4.98 Å². The number of para-hydroxylation sites is 2. The van der Waals surface area contributed by atoms with Crippen molar-refractivity contribution in [3.63, 3.8) is 0 Å². The lowest BCUT2D eigenvalue weighted by molar-refractivity contribution is -0.142. The van der Waals surface area contributed by atoms with E-state index >= 15 is 0 Å². The van der Waals surface area contributed by atoms with Gasteiger partial charge in [-0.15, -0.1) is 0 Å². The second-order valence-corrected chi connectivity index (χ2v) is 6.67. The van der Waals surface area contributed by atoms with Crippen LogP contribution in [0.2, 0.25) is 0 Å². The van der Waals surface area contributed by atoms with Crippen molar-refractivity contribution in [3.05, 3.63) is 57.3 Å². The molecule has 0 unspecified atom stereocenters. The Morgan fingerprint density at radius 2 is 1.77 bits per heavy atom. The minimum Gasteiger partial charge on any atom is -0.462 e. The Morgan fingerprint density at radius 1 is 1.07 bits per heavy atom. The van der Waals surface area contributed by atoms with E-state index < -0.39 is 30.1 Å². The summed E-state index contributed by atoms with van der Waals surface area (Å²) in [6, 6.07) is 6.87. The largest absolute Gasteiger partial charge is 0.462 e. The number of carbonyl (C=O) groups excluding carboxylic acids is 3. The number of Topliss-reactive ketones (excluding diaryl/α,β-unsaturated/α-hetero) is 1. The lowest BCUT2D eigenvalue weighted by Gasteiger charge is -2.07. The molecule has 158 valence electrons. The summed E-state index contributed by atoms with van der Waals surface area (Å²) < 4.78 is 16.5. The Morgan fingerprint density at radius 3 is 2.50 bits per heavy atom. The first-order chi connectivity index (χ1) is 14.3. The molecule has 0 bridgehead atoms. The van der Waals surface area contributed by atoms with Crippen molar-refractivity contribution in [2.24, 2.45) is 0 Å². The molecule has 0 aliphatic carbocycles. The first kappa shape index (κ1) is 21.1. The van der Waals surface area contributed by atoms with Gasteiger partial charge in [-0.1, -0.05) is 12.1 Å². The third-order valence-corrected chi connectivity index (χ3v) is 4.61. The molecule has 0 atom stereocenters. The first-order valence-electron chi connectivity index (χ1n) is 9.47. The Kier molecular flexibility index (Phi) is 6.20. The van der Waals surface area contributed by atoms with Crippen molar-refractivity contribution in [1.82, 2.24) is 9.55 Å². The number of ketones is 1. The van der Waals surface area contributed by atoms with E-state index in [-0.39, 0.29) is 30.7 Å². The average molecular weight is 414 g/mol. The predicted octanol–water partition coefficient (Wildman–Crippen LogP) is 2.53. The lowest BCUT2D eigenvalue weighted by atomic mass is 10.1. The maximum absolute atomic E-state index is 12.6. The molecule has 0 amide bonds. The highest BCUT2D eigenvalue weighted by Gasteiger charge is 2.26. The summed E-state index contributed by atoms with van der Waals surface area (Å²) in [5.74, 6) is -2.35. The van der Waals surface area contributed by atoms with Crippen LogP contribution in [0.5, 0.6) is 0 Å². The van der Waals surface area contributed by atoms with E-state index in [0.717, 1.165) is 0 Å². The second-order valence-electron chi connectivity index (χ2n) is 6.67. The molecule has 2 heterocycles. The van der Waals surface area contributed by atoms with Crippen molar-refractivity contribution >= 4 is 28.8 Å². The van der Waals surface area contributed by atoms with E-state index in [0.29, 0.717) is 22.5 Å². The molecule has 1 N–H and O–H groups in total. The molecule has 0 aliphatic heterocycles. The van der Waals surface area contributed by atoms with Crippen LogP contribution in [0.3, 0.4) is 0 Å². The third-order valence-electron chi connectivity index (χ3n) is 4.61. The Hall–Kier alpha value is -3.62. The molecule has 0 radical (unpaired) electrons. The van der Waals surface area contributed by atoms with Gasteiger partial charge in [0.25, 0.3) is 0 Å². The molecule has 0 fully saturated rings. The zero-order valence-corrected chi connectivity index (χ0v) is 16.9. The highest BCUT2D eigenvalue weighted by atomic mass is 16.5. The molecular weight excluding hydrogens is 392 g/mol. The number of nitrogens with one attached hydrogen (secondary N) is 1. The SMILES string of the molecule is CCOC(=O)c1c(C)[nH]c(C)c1C(=O)COC(=O)CCn1c(=O)oc2ccccc21. The van der Waals surface area contributed by atoms with Crippen LogP contribution in [-0.2, 0) is 20.8 Å². The molecule has 3 rings (SSSR count). The molecular formula is C21H22N2O7. The van der Waals surface area contributed by atoms with Crippen molar-refractivity contribution in [1.29, 1.82) is 0 Å². The maximum Gasteiger partial charge on any atom is 0.419 e. The van der Waals surface area contributed by atoms with E-state index in [1.165, 1.54) is 4.57 Å². The highest BCUT2D eigenvalue weighted by molar-refractivity contribution is 6.09. The van der Waals surface area contributed by atoms with Crippen LogP contribution in [0.4, 0.5) is 0 Å². The molecule has 30 heavy (non-hydrogen) atoms. The lowest BCUT2D eigenvalue weighted by Crippen LogP contribution is -2.20. The first-order valence-corrected chi connectivity index (χ1v) is 9.47. The van der Waals surface area contributed by atoms with Gasteiger partial charge in [0.05, 0.1) is 29.7 Å². The molecule has 3 aromatic rings. The topological polar surface area (TPSA) is 121 Å². The van der Waals surface area contributed by atoms with Gasteiger partial charge >= 0.3 is 17.7 Å². The smallest absolute Gasteiger partial charge is 0.419 e. The highest BCUT2D eigenvalue weighted by Crippen LogP contribution is 2.20. The number of fused-ring (bicyclic) bond motifs is 1. The zero-order valence-electron chi connectivity index (χ0n) is 16.9. The normalized spacial score (nSPS) is 10.9. The van der Waals surface area contributed by atoms with E-state index in [1.54, 1.807) is 45.0 Å². The number of esters is 2. The van der Waals surface area contributed by atoms with Crippen LogP contribution in [0.15, 0.2) is 33.5 Å². The number of aryl methyl sites for hydroxylation is 3. The van der Waals surface area contributed by atoms with Crippen LogP contribution < -0.4 is 5.76 Å². The van der Waals surface area contributed by atoms with Crippen molar-refractivity contribution in [3.8, 4) is 0 Å². The zero-order chi connectivity index (χ0) is 21.8. The summed E-state index contributed by atoms with van der Waals surface area (Å²) in [4.78, 5) is 51.8. The average Bonchev–Trinajstić information content (AvgIpc) is 3.19. The number of nitrogens with zero attached hydrogens (tertiary/aromatic N) is 1. The number of rotatable bonds is 8. The fraction of sp³-hybridized carbons (Fsp3) is 0.333. The Labute approximate surface area is 171 Å². The Bertz CT molecular complexity index is 1170. The number of carbonyl (C=O) groups is 3. The van der Waals surface area contributed by atoms with Crippen LogP contribution in [0.25, 0.3) is 11.1 Å². The maximum atomic E-state index is 12.6. The van der Waals surface area contributed by atoms with Gasteiger partial charge in [0.15, 0.2) is 12.2 Å². The van der Waals surface area contributed by atoms with E-state index in [9.17, 15) is 19.2 Å². The second kappa shape index (κ2) is 8.81. The van der Waals surface area contributed by atoms with Gasteiger partial charge in [-0.3, -0.25) is 14.2 Å². The van der Waals surface area contributed by atoms with E-state index in [1.807, 2.05) is 0 Å². The minimum atomic E-state index is -0.650. The Balaban J connectivity index is 1.64. The van der Waals surface area contributed by atoms with Crippen LogP contribution in [0, 0.1) is 13.8 Å². The monoisotopic (exact) mass is 414 g/mol. The van der Waals surface area contributed by atoms with Crippen molar-refractivity contribution < 1.29 is 28.3 Å². The molecule has 2 aromatic heterocycles. The quantitative estimate of drug-likeness (QED) is 0.444. The van der Waals surface area contributed by atoms with Crippen LogP contribution in [0.1, 0.15) is 45.4 Å². The number of hydrogen-bond donors (Lipinski definition) is 1. The number of oxazole rings is 1. The van der Waals surface area contributed by atoms with Gasteiger partial charge in [-0.05, 0) is 32.9 Å². The summed E-state index contributed by atoms with van der Waals surface area (Å²) in [7, 11) is 0. The number of hydrogen-bond acceptors (Lipinski definition) is 7. The van der Waals surface area contributed by atoms with Crippen LogP contribution >= 0.6 is 0 Å². The molecule has 0 aliphatic rings. The summed E-state index contributed by atoms with van der Waals surface area (Å²) in [5.41, 5.74) is 2.29. The summed E-state index contributed by atoms with van der Waals surface area (Å²) in [6.07, 6.45) is -0.118. The number of aromatic nitrogens is 2. The van der Waals surface area contributed by atoms with Gasteiger partial charge in [0.1, 0.15) is 0 Å². The van der Waals surface area contributed by atoms with Gasteiger partial charge < -0.3 is 18.9 Å². The number of H-pyrrole nitrogens is 1. The minimum absolute atomic E-state index is 0.0548. The molecule has 0 saturated heterocycles. The molecule has 1 aromatic carbocycles. The van der Waals surface area contributed by atoms with Crippen molar-refractivity contribution in [2.45, 2.75) is 33.7 Å². The molecule has 9 heteroatoms. The summed E-state index contributed by atoms with van der Waals surface area (Å²) in [5, 5.41) is 0. The van der Waals surface area contributed by atoms with Crippen molar-refractivity contribution in [2.75, 3.05) is 13.2 Å². The van der Waals surface area contributed by atoms with Gasteiger partial charge in [-0.2, -0.15) is 0 Å². The van der Waals surface area contributed by atoms with Gasteiger partial charge in [-0.25, -0.2) is 9.59 Å². The molecule has 0 spiro atoms. The van der Waals surface area contributed by atoms with E-state index in [4.69, 9.17) is 13.9 Å². The fourth-order valence-electron chi connectivity index (χ4n) is 3.31. The standard InChI is InChI=1S/C21H22N2O7/c1-4-28-20(26)19-13(3)22-12(2)18(19)15(24)11-29-17(25)9-10-23-14-7-5-6-8-16(14)30-21(23)27/h5-8,22H,4,9-11H2,1-3H3. The number of benzene rings is 1.